The van der Waals surface area contributed by atoms with Gasteiger partial charge in [-0.1, -0.05) is 0 Å². The smallest absolute Gasteiger partial charge is 0.326 e. The summed E-state index contributed by atoms with van der Waals surface area (Å²) in [5, 5.41) is 13.5. The fourth-order valence-corrected chi connectivity index (χ4v) is 5.39. The number of carbonyl (C=O) groups excluding carboxylic acids is 1. The van der Waals surface area contributed by atoms with E-state index in [1.807, 2.05) is 0 Å². The molecule has 2 heterocycles. The molecule has 2 atom stereocenters. The first-order chi connectivity index (χ1) is 11.9. The standard InChI is InChI=1S/C16H20FN3O4S/c17-15-12-5-9(11-3-4-18-7-11)1-2-10(12)6-13(21)16(15)20-8-14(22)19-25(20,23)24/h6,9,11,18,21H,1-5,7-8H2,(H,19,22)/t9-,11-/m0/s1. The van der Waals surface area contributed by atoms with Gasteiger partial charge in [-0.3, -0.25) is 4.79 Å². The summed E-state index contributed by atoms with van der Waals surface area (Å²) in [7, 11) is -4.17. The summed E-state index contributed by atoms with van der Waals surface area (Å²) in [5.74, 6) is -1.10. The summed E-state index contributed by atoms with van der Waals surface area (Å²) in [6.07, 6.45) is 3.17. The molecule has 9 heteroatoms. The summed E-state index contributed by atoms with van der Waals surface area (Å²) in [4.78, 5) is 11.4. The Morgan fingerprint density at radius 3 is 2.72 bits per heavy atom. The molecular weight excluding hydrogens is 349 g/mol. The summed E-state index contributed by atoms with van der Waals surface area (Å²) >= 11 is 0. The number of fused-ring (bicyclic) bond motifs is 1. The van der Waals surface area contributed by atoms with Crippen LogP contribution < -0.4 is 14.3 Å². The van der Waals surface area contributed by atoms with E-state index < -0.39 is 39.9 Å². The molecule has 0 radical (unpaired) electrons. The molecule has 0 spiro atoms. The maximum absolute atomic E-state index is 15.2. The highest BCUT2D eigenvalue weighted by atomic mass is 32.2. The minimum atomic E-state index is -4.17. The zero-order chi connectivity index (χ0) is 17.8. The Balaban J connectivity index is 1.73. The van der Waals surface area contributed by atoms with Crippen molar-refractivity contribution in [2.45, 2.75) is 25.7 Å². The number of amides is 1. The SMILES string of the molecule is O=C1CN(c2c(O)cc3c(c2F)C[C@@H]([C@H]2CCNC2)CC3)S(=O)(=O)N1. The monoisotopic (exact) mass is 369 g/mol. The number of benzene rings is 1. The summed E-state index contributed by atoms with van der Waals surface area (Å²) < 4.78 is 41.6. The number of nitrogens with zero attached hydrogens (tertiary/aromatic N) is 1. The largest absolute Gasteiger partial charge is 0.506 e. The molecule has 0 aromatic heterocycles. The van der Waals surface area contributed by atoms with Crippen LogP contribution in [0.4, 0.5) is 10.1 Å². The Labute approximate surface area is 145 Å². The summed E-state index contributed by atoms with van der Waals surface area (Å²) in [6, 6.07) is 1.44. The average molecular weight is 369 g/mol. The lowest BCUT2D eigenvalue weighted by molar-refractivity contribution is -0.117. The summed E-state index contributed by atoms with van der Waals surface area (Å²) in [6.45, 7) is 1.37. The van der Waals surface area contributed by atoms with Crippen molar-refractivity contribution < 1.29 is 22.7 Å². The van der Waals surface area contributed by atoms with Gasteiger partial charge in [-0.05, 0) is 67.8 Å². The van der Waals surface area contributed by atoms with Gasteiger partial charge in [-0.15, -0.1) is 0 Å². The molecule has 1 amide bonds. The molecule has 1 aliphatic carbocycles. The molecule has 1 aromatic rings. The number of carbonyl (C=O) groups is 1. The van der Waals surface area contributed by atoms with Crippen molar-refractivity contribution in [2.24, 2.45) is 11.8 Å². The zero-order valence-corrected chi connectivity index (χ0v) is 14.4. The average Bonchev–Trinajstić information content (AvgIpc) is 3.15. The molecule has 0 bridgehead atoms. The van der Waals surface area contributed by atoms with E-state index in [4.69, 9.17) is 0 Å². The first kappa shape index (κ1) is 16.6. The third-order valence-electron chi connectivity index (χ3n) is 5.50. The van der Waals surface area contributed by atoms with Crippen molar-refractivity contribution in [1.82, 2.24) is 10.0 Å². The molecule has 25 heavy (non-hydrogen) atoms. The van der Waals surface area contributed by atoms with Gasteiger partial charge < -0.3 is 10.4 Å². The second-order valence-electron chi connectivity index (χ2n) is 6.99. The third-order valence-corrected chi connectivity index (χ3v) is 6.88. The molecule has 1 aromatic carbocycles. The van der Waals surface area contributed by atoms with Crippen LogP contribution in [0.3, 0.4) is 0 Å². The van der Waals surface area contributed by atoms with Crippen LogP contribution in [0.25, 0.3) is 0 Å². The molecular formula is C16H20FN3O4S. The fourth-order valence-electron chi connectivity index (χ4n) is 4.23. The number of hydrogen-bond acceptors (Lipinski definition) is 5. The molecule has 2 saturated heterocycles. The fraction of sp³-hybridized carbons (Fsp3) is 0.562. The number of halogens is 1. The number of phenolic OH excluding ortho intramolecular Hbond substituents is 1. The maximum atomic E-state index is 15.2. The Morgan fingerprint density at radius 2 is 2.08 bits per heavy atom. The number of aryl methyl sites for hydroxylation is 1. The van der Waals surface area contributed by atoms with Crippen molar-refractivity contribution >= 4 is 21.8 Å². The predicted molar refractivity (Wildman–Crippen MR) is 89.0 cm³/mol. The van der Waals surface area contributed by atoms with Crippen molar-refractivity contribution in [3.8, 4) is 5.75 Å². The lowest BCUT2D eigenvalue weighted by Crippen LogP contribution is -2.31. The van der Waals surface area contributed by atoms with E-state index in [2.05, 4.69) is 5.32 Å². The highest BCUT2D eigenvalue weighted by molar-refractivity contribution is 7.92. The van der Waals surface area contributed by atoms with Crippen LogP contribution in [0.2, 0.25) is 0 Å². The zero-order valence-electron chi connectivity index (χ0n) is 13.6. The minimum Gasteiger partial charge on any atom is -0.506 e. The molecule has 4 rings (SSSR count). The van der Waals surface area contributed by atoms with Gasteiger partial charge in [-0.25, -0.2) is 13.4 Å². The molecule has 0 unspecified atom stereocenters. The topological polar surface area (TPSA) is 98.7 Å². The quantitative estimate of drug-likeness (QED) is 0.702. The van der Waals surface area contributed by atoms with Gasteiger partial charge in [0.1, 0.15) is 18.0 Å². The maximum Gasteiger partial charge on any atom is 0.326 e. The van der Waals surface area contributed by atoms with E-state index in [0.717, 1.165) is 31.5 Å². The van der Waals surface area contributed by atoms with Gasteiger partial charge >= 0.3 is 10.2 Å². The van der Waals surface area contributed by atoms with Gasteiger partial charge in [0.05, 0.1) is 0 Å². The number of hydrogen-bond donors (Lipinski definition) is 3. The highest BCUT2D eigenvalue weighted by Gasteiger charge is 2.39. The third kappa shape index (κ3) is 2.75. The Hall–Kier alpha value is -1.87. The van der Waals surface area contributed by atoms with E-state index in [9.17, 15) is 18.3 Å². The second-order valence-corrected chi connectivity index (χ2v) is 8.58. The van der Waals surface area contributed by atoms with Crippen LogP contribution in [-0.4, -0.2) is 39.1 Å². The van der Waals surface area contributed by atoms with Gasteiger partial charge in [0.25, 0.3) is 5.91 Å². The van der Waals surface area contributed by atoms with Crippen LogP contribution in [-0.2, 0) is 27.8 Å². The number of nitrogens with one attached hydrogen (secondary N) is 2. The molecule has 3 N–H and O–H groups in total. The van der Waals surface area contributed by atoms with Crippen molar-refractivity contribution in [3.63, 3.8) is 0 Å². The lowest BCUT2D eigenvalue weighted by atomic mass is 9.76. The number of rotatable bonds is 2. The van der Waals surface area contributed by atoms with Gasteiger partial charge in [0, 0.05) is 0 Å². The van der Waals surface area contributed by atoms with Crippen molar-refractivity contribution in [1.29, 1.82) is 0 Å². The van der Waals surface area contributed by atoms with E-state index in [-0.39, 0.29) is 0 Å². The normalized spacial score (nSPS) is 28.0. The molecule has 2 aliphatic heterocycles. The van der Waals surface area contributed by atoms with E-state index >= 15 is 4.39 Å². The second kappa shape index (κ2) is 5.84. The van der Waals surface area contributed by atoms with Crippen LogP contribution in [0, 0.1) is 17.7 Å². The summed E-state index contributed by atoms with van der Waals surface area (Å²) in [5.41, 5.74) is 0.754. The molecule has 2 fully saturated rings. The lowest BCUT2D eigenvalue weighted by Gasteiger charge is -2.30. The molecule has 3 aliphatic rings. The molecule has 0 saturated carbocycles. The van der Waals surface area contributed by atoms with Crippen LogP contribution in [0.1, 0.15) is 24.0 Å². The van der Waals surface area contributed by atoms with Crippen molar-refractivity contribution in [2.75, 3.05) is 23.9 Å². The minimum absolute atomic E-state index is 0.337. The predicted octanol–water partition coefficient (Wildman–Crippen LogP) is 0.427. The van der Waals surface area contributed by atoms with E-state index in [1.165, 1.54) is 6.07 Å². The Bertz CT molecular complexity index is 836. The highest BCUT2D eigenvalue weighted by Crippen LogP contribution is 2.42. The van der Waals surface area contributed by atoms with Gasteiger partial charge in [0.15, 0.2) is 5.82 Å². The number of anilines is 1. The number of phenols is 1. The molecule has 136 valence electrons. The van der Waals surface area contributed by atoms with Crippen LogP contribution in [0.5, 0.6) is 5.75 Å². The molecule has 7 nitrogen and oxygen atoms in total. The first-order valence-electron chi connectivity index (χ1n) is 8.44. The van der Waals surface area contributed by atoms with Gasteiger partial charge in [0.2, 0.25) is 0 Å². The van der Waals surface area contributed by atoms with Crippen LogP contribution >= 0.6 is 0 Å². The van der Waals surface area contributed by atoms with Crippen LogP contribution in [0.15, 0.2) is 6.07 Å². The van der Waals surface area contributed by atoms with Crippen molar-refractivity contribution in [3.05, 3.63) is 23.0 Å². The van der Waals surface area contributed by atoms with E-state index in [0.29, 0.717) is 34.5 Å². The Kier molecular flexibility index (Phi) is 3.88. The number of aromatic hydroxyl groups is 1. The van der Waals surface area contributed by atoms with E-state index in [1.54, 1.807) is 4.72 Å². The first-order valence-corrected chi connectivity index (χ1v) is 9.88. The van der Waals surface area contributed by atoms with Gasteiger partial charge in [-0.2, -0.15) is 8.42 Å². The Morgan fingerprint density at radius 1 is 1.28 bits per heavy atom.